The second kappa shape index (κ2) is 7.86. The van der Waals surface area contributed by atoms with Crippen LogP contribution in [0.4, 0.5) is 0 Å². The third kappa shape index (κ3) is 3.39. The van der Waals surface area contributed by atoms with Crippen LogP contribution in [0, 0.1) is 0 Å². The Bertz CT molecular complexity index is 937. The average molecular weight is 377 g/mol. The summed E-state index contributed by atoms with van der Waals surface area (Å²) in [5.41, 5.74) is 4.77. The van der Waals surface area contributed by atoms with Crippen molar-refractivity contribution < 1.29 is 14.4 Å². The van der Waals surface area contributed by atoms with Crippen molar-refractivity contribution in [3.8, 4) is 0 Å². The monoisotopic (exact) mass is 377 g/mol. The van der Waals surface area contributed by atoms with E-state index >= 15 is 0 Å². The van der Waals surface area contributed by atoms with Gasteiger partial charge in [0.05, 0.1) is 25.6 Å². The van der Waals surface area contributed by atoms with Crippen LogP contribution < -0.4 is 0 Å². The van der Waals surface area contributed by atoms with Gasteiger partial charge >= 0.3 is 0 Å². The number of ketones is 1. The van der Waals surface area contributed by atoms with Gasteiger partial charge in [-0.15, -0.1) is 0 Å². The van der Waals surface area contributed by atoms with E-state index < -0.39 is 0 Å². The van der Waals surface area contributed by atoms with Gasteiger partial charge in [0.1, 0.15) is 18.0 Å². The minimum Gasteiger partial charge on any atom is -0.393 e. The molecular weight excluding hydrogens is 354 g/mol. The van der Waals surface area contributed by atoms with E-state index in [4.69, 9.17) is 9.57 Å². The van der Waals surface area contributed by atoms with Crippen LogP contribution in [0.25, 0.3) is 0 Å². The highest BCUT2D eigenvalue weighted by atomic mass is 16.6. The van der Waals surface area contributed by atoms with E-state index in [0.29, 0.717) is 43.5 Å². The lowest BCUT2D eigenvalue weighted by Crippen LogP contribution is -2.27. The minimum atomic E-state index is 0.0302. The molecule has 0 fully saturated rings. The quantitative estimate of drug-likeness (QED) is 0.572. The first-order valence-corrected chi connectivity index (χ1v) is 9.29. The van der Waals surface area contributed by atoms with E-state index in [9.17, 15) is 4.79 Å². The van der Waals surface area contributed by atoms with Crippen molar-refractivity contribution in [1.82, 2.24) is 9.80 Å². The Labute approximate surface area is 164 Å². The maximum atomic E-state index is 12.9. The van der Waals surface area contributed by atoms with E-state index in [1.807, 2.05) is 78.5 Å². The van der Waals surface area contributed by atoms with Crippen LogP contribution in [-0.2, 0) is 16.2 Å². The fourth-order valence-corrected chi connectivity index (χ4v) is 3.60. The molecule has 1 aliphatic carbocycles. The Kier molecular flexibility index (Phi) is 5.12. The molecule has 6 heteroatoms. The van der Waals surface area contributed by atoms with E-state index in [-0.39, 0.29) is 5.78 Å². The van der Waals surface area contributed by atoms with Gasteiger partial charge in [-0.2, -0.15) is 0 Å². The molecule has 0 amide bonds. The van der Waals surface area contributed by atoms with E-state index in [2.05, 4.69) is 5.16 Å². The third-order valence-corrected chi connectivity index (χ3v) is 4.86. The van der Waals surface area contributed by atoms with Crippen LogP contribution in [0.5, 0.6) is 0 Å². The van der Waals surface area contributed by atoms with Crippen molar-refractivity contribution in [2.75, 3.05) is 34.0 Å². The maximum Gasteiger partial charge on any atom is 0.211 e. The van der Waals surface area contributed by atoms with Gasteiger partial charge in [0, 0.05) is 25.2 Å². The lowest BCUT2D eigenvalue weighted by molar-refractivity contribution is 0.0432. The van der Waals surface area contributed by atoms with Gasteiger partial charge in [-0.1, -0.05) is 59.8 Å². The topological polar surface area (TPSA) is 54.4 Å². The Morgan fingerprint density at radius 1 is 0.893 bits per heavy atom. The zero-order valence-corrected chi connectivity index (χ0v) is 16.1. The number of ether oxygens (including phenoxy) is 1. The molecule has 2 aliphatic rings. The summed E-state index contributed by atoms with van der Waals surface area (Å²) in [5.74, 6) is 0.0302. The molecule has 0 unspecified atom stereocenters. The van der Waals surface area contributed by atoms with E-state index in [1.54, 1.807) is 0 Å². The maximum absolute atomic E-state index is 12.9. The standard InChI is InChI=1S/C22H23N3O3/c1-24-15-25(2)21-20(24)19(17-10-6-7-11-18(17)22(21)26)23-28-13-12-27-14-16-8-4-3-5-9-16/h3-11H,12-15H2,1-2H3. The first kappa shape index (κ1) is 18.3. The predicted octanol–water partition coefficient (Wildman–Crippen LogP) is 2.87. The smallest absolute Gasteiger partial charge is 0.211 e. The van der Waals surface area contributed by atoms with Crippen LogP contribution >= 0.6 is 0 Å². The highest BCUT2D eigenvalue weighted by Gasteiger charge is 2.39. The fourth-order valence-electron chi connectivity index (χ4n) is 3.60. The zero-order chi connectivity index (χ0) is 19.5. The van der Waals surface area contributed by atoms with Crippen molar-refractivity contribution in [2.24, 2.45) is 5.16 Å². The Morgan fingerprint density at radius 2 is 1.57 bits per heavy atom. The molecule has 28 heavy (non-hydrogen) atoms. The first-order valence-electron chi connectivity index (χ1n) is 9.29. The summed E-state index contributed by atoms with van der Waals surface area (Å²) in [6, 6.07) is 17.5. The van der Waals surface area contributed by atoms with Crippen LogP contribution in [0.2, 0.25) is 0 Å². The lowest BCUT2D eigenvalue weighted by atomic mass is 9.90. The SMILES string of the molecule is CN1CN(C)C2=C1C(=O)c1ccccc1C2=NOCCOCc1ccccc1. The van der Waals surface area contributed by atoms with Crippen molar-refractivity contribution >= 4 is 11.5 Å². The summed E-state index contributed by atoms with van der Waals surface area (Å²) in [6.45, 7) is 1.97. The second-order valence-corrected chi connectivity index (χ2v) is 6.92. The van der Waals surface area contributed by atoms with Crippen LogP contribution in [0.1, 0.15) is 21.5 Å². The van der Waals surface area contributed by atoms with Crippen molar-refractivity contribution in [3.63, 3.8) is 0 Å². The molecule has 0 saturated carbocycles. The van der Waals surface area contributed by atoms with Crippen molar-refractivity contribution in [1.29, 1.82) is 0 Å². The molecule has 0 N–H and O–H groups in total. The van der Waals surface area contributed by atoms with Gasteiger partial charge in [0.15, 0.2) is 0 Å². The highest BCUT2D eigenvalue weighted by Crippen LogP contribution is 2.33. The number of Topliss-reactive ketones (excluding diaryl/α,β-unsaturated/α-hetero) is 1. The van der Waals surface area contributed by atoms with Crippen molar-refractivity contribution in [3.05, 3.63) is 82.7 Å². The average Bonchev–Trinajstić information content (AvgIpc) is 3.02. The Balaban J connectivity index is 1.47. The van der Waals surface area contributed by atoms with Gasteiger partial charge in [-0.25, -0.2) is 0 Å². The third-order valence-electron chi connectivity index (χ3n) is 4.86. The molecule has 0 radical (unpaired) electrons. The number of carbonyl (C=O) groups is 1. The normalized spacial score (nSPS) is 17.2. The molecule has 2 aromatic carbocycles. The molecular formula is C22H23N3O3. The van der Waals surface area contributed by atoms with Crippen LogP contribution in [-0.4, -0.2) is 55.3 Å². The summed E-state index contributed by atoms with van der Waals surface area (Å²) in [4.78, 5) is 22.5. The number of fused-ring (bicyclic) bond motifs is 1. The number of rotatable bonds is 6. The Morgan fingerprint density at radius 3 is 2.36 bits per heavy atom. The lowest BCUT2D eigenvalue weighted by Gasteiger charge is -2.22. The van der Waals surface area contributed by atoms with Gasteiger partial charge < -0.3 is 19.4 Å². The first-order chi connectivity index (χ1) is 13.7. The highest BCUT2D eigenvalue weighted by molar-refractivity contribution is 6.28. The summed E-state index contributed by atoms with van der Waals surface area (Å²) in [6.07, 6.45) is 0. The van der Waals surface area contributed by atoms with E-state index in [1.165, 1.54) is 0 Å². The summed E-state index contributed by atoms with van der Waals surface area (Å²) in [5, 5.41) is 4.39. The van der Waals surface area contributed by atoms with Crippen molar-refractivity contribution in [2.45, 2.75) is 6.61 Å². The molecule has 2 aromatic rings. The van der Waals surface area contributed by atoms with Crippen LogP contribution in [0.15, 0.2) is 71.1 Å². The molecule has 144 valence electrons. The minimum absolute atomic E-state index is 0.0302. The van der Waals surface area contributed by atoms with Gasteiger partial charge in [0.2, 0.25) is 5.78 Å². The van der Waals surface area contributed by atoms with Gasteiger partial charge in [-0.05, 0) is 5.56 Å². The zero-order valence-electron chi connectivity index (χ0n) is 16.1. The fraction of sp³-hybridized carbons (Fsp3) is 0.273. The summed E-state index contributed by atoms with van der Waals surface area (Å²) < 4.78 is 5.64. The summed E-state index contributed by atoms with van der Waals surface area (Å²) in [7, 11) is 3.87. The number of hydrogen-bond donors (Lipinski definition) is 0. The number of allylic oxidation sites excluding steroid dienone is 2. The molecule has 6 nitrogen and oxygen atoms in total. The molecule has 0 spiro atoms. The number of oxime groups is 1. The van der Waals surface area contributed by atoms with Crippen LogP contribution in [0.3, 0.4) is 0 Å². The predicted molar refractivity (Wildman–Crippen MR) is 107 cm³/mol. The largest absolute Gasteiger partial charge is 0.393 e. The number of benzene rings is 2. The molecule has 0 bridgehead atoms. The molecule has 4 rings (SSSR count). The summed E-state index contributed by atoms with van der Waals surface area (Å²) >= 11 is 0. The van der Waals surface area contributed by atoms with Gasteiger partial charge in [-0.3, -0.25) is 4.79 Å². The number of nitrogens with zero attached hydrogens (tertiary/aromatic N) is 3. The Hall–Kier alpha value is -3.12. The molecule has 0 atom stereocenters. The molecule has 1 aliphatic heterocycles. The second-order valence-electron chi connectivity index (χ2n) is 6.92. The number of hydrogen-bond acceptors (Lipinski definition) is 6. The number of carbonyl (C=O) groups excluding carboxylic acids is 1. The van der Waals surface area contributed by atoms with Gasteiger partial charge in [0.25, 0.3) is 0 Å². The molecule has 1 heterocycles. The molecule has 0 saturated heterocycles. The number of likely N-dealkylation sites (N-methyl/N-ethyl adjacent to an activating group) is 2. The molecule has 0 aromatic heterocycles. The van der Waals surface area contributed by atoms with E-state index in [0.717, 1.165) is 16.8 Å².